The molecule has 80 valence electrons. The summed E-state index contributed by atoms with van der Waals surface area (Å²) in [6.45, 7) is 0.473. The second-order valence-electron chi connectivity index (χ2n) is 2.94. The van der Waals surface area contributed by atoms with E-state index in [0.29, 0.717) is 22.9 Å². The van der Waals surface area contributed by atoms with E-state index in [1.165, 1.54) is 6.20 Å². The SMILES string of the molecule is N#Cc1ccnc(NCc2ccc(Br)o2)n1. The van der Waals surface area contributed by atoms with Gasteiger partial charge in [0, 0.05) is 6.20 Å². The molecule has 0 bridgehead atoms. The molecule has 0 aliphatic rings. The predicted molar refractivity (Wildman–Crippen MR) is 60.5 cm³/mol. The number of furan rings is 1. The van der Waals surface area contributed by atoms with E-state index >= 15 is 0 Å². The number of nitriles is 1. The highest BCUT2D eigenvalue weighted by Crippen LogP contribution is 2.14. The Morgan fingerprint density at radius 3 is 3.00 bits per heavy atom. The first-order chi connectivity index (χ1) is 7.78. The number of anilines is 1. The molecule has 0 radical (unpaired) electrons. The van der Waals surface area contributed by atoms with Crippen molar-refractivity contribution in [2.24, 2.45) is 0 Å². The van der Waals surface area contributed by atoms with Gasteiger partial charge in [0.25, 0.3) is 0 Å². The molecule has 0 aliphatic carbocycles. The van der Waals surface area contributed by atoms with E-state index in [1.54, 1.807) is 6.07 Å². The van der Waals surface area contributed by atoms with Gasteiger partial charge in [0.05, 0.1) is 6.54 Å². The van der Waals surface area contributed by atoms with Crippen molar-refractivity contribution in [3.8, 4) is 6.07 Å². The van der Waals surface area contributed by atoms with Crippen LogP contribution in [0.1, 0.15) is 11.5 Å². The Bertz CT molecular complexity index is 532. The van der Waals surface area contributed by atoms with Crippen molar-refractivity contribution in [2.75, 3.05) is 5.32 Å². The number of hydrogen-bond acceptors (Lipinski definition) is 5. The van der Waals surface area contributed by atoms with E-state index in [2.05, 4.69) is 31.2 Å². The zero-order valence-corrected chi connectivity index (χ0v) is 9.73. The van der Waals surface area contributed by atoms with E-state index < -0.39 is 0 Å². The summed E-state index contributed by atoms with van der Waals surface area (Å²) in [5.74, 6) is 1.17. The third-order valence-corrected chi connectivity index (χ3v) is 2.25. The first kappa shape index (κ1) is 10.6. The van der Waals surface area contributed by atoms with E-state index in [4.69, 9.17) is 9.68 Å². The van der Waals surface area contributed by atoms with Gasteiger partial charge in [0.1, 0.15) is 17.5 Å². The molecule has 16 heavy (non-hydrogen) atoms. The van der Waals surface area contributed by atoms with Crippen LogP contribution in [0, 0.1) is 11.3 Å². The van der Waals surface area contributed by atoms with Crippen molar-refractivity contribution in [1.82, 2.24) is 9.97 Å². The largest absolute Gasteiger partial charge is 0.452 e. The molecular weight excluding hydrogens is 272 g/mol. The van der Waals surface area contributed by atoms with Crippen molar-refractivity contribution in [3.63, 3.8) is 0 Å². The van der Waals surface area contributed by atoms with E-state index in [-0.39, 0.29) is 0 Å². The Balaban J connectivity index is 2.02. The average molecular weight is 279 g/mol. The van der Waals surface area contributed by atoms with Gasteiger partial charge in [0.2, 0.25) is 5.95 Å². The number of nitrogens with one attached hydrogen (secondary N) is 1. The summed E-state index contributed by atoms with van der Waals surface area (Å²) in [6, 6.07) is 7.15. The van der Waals surface area contributed by atoms with Gasteiger partial charge in [-0.1, -0.05) is 0 Å². The lowest BCUT2D eigenvalue weighted by molar-refractivity contribution is 0.495. The number of hydrogen-bond donors (Lipinski definition) is 1. The van der Waals surface area contributed by atoms with Crippen LogP contribution in [0.15, 0.2) is 33.5 Å². The van der Waals surface area contributed by atoms with Crippen LogP contribution in [0.25, 0.3) is 0 Å². The number of nitrogens with zero attached hydrogens (tertiary/aromatic N) is 3. The maximum absolute atomic E-state index is 8.66. The van der Waals surface area contributed by atoms with Crippen molar-refractivity contribution in [3.05, 3.63) is 40.5 Å². The fourth-order valence-electron chi connectivity index (χ4n) is 1.12. The normalized spacial score (nSPS) is 9.75. The van der Waals surface area contributed by atoms with Crippen LogP contribution in [0.2, 0.25) is 0 Å². The van der Waals surface area contributed by atoms with Crippen LogP contribution in [0.4, 0.5) is 5.95 Å². The third kappa shape index (κ3) is 2.58. The first-order valence-corrected chi connectivity index (χ1v) is 5.28. The Labute approximate surface area is 100 Å². The molecule has 0 spiro atoms. The molecule has 0 saturated heterocycles. The average Bonchev–Trinajstić information content (AvgIpc) is 2.73. The lowest BCUT2D eigenvalue weighted by Crippen LogP contribution is -2.03. The third-order valence-electron chi connectivity index (χ3n) is 1.82. The van der Waals surface area contributed by atoms with Crippen molar-refractivity contribution in [1.29, 1.82) is 5.26 Å². The fraction of sp³-hybridized carbons (Fsp3) is 0.100. The Kier molecular flexibility index (Phi) is 3.17. The zero-order valence-electron chi connectivity index (χ0n) is 8.14. The molecule has 2 rings (SSSR count). The molecule has 0 unspecified atom stereocenters. The van der Waals surface area contributed by atoms with E-state index in [9.17, 15) is 0 Å². The fourth-order valence-corrected chi connectivity index (χ4v) is 1.46. The predicted octanol–water partition coefficient (Wildman–Crippen LogP) is 2.32. The number of rotatable bonds is 3. The van der Waals surface area contributed by atoms with Gasteiger partial charge in [-0.2, -0.15) is 5.26 Å². The topological polar surface area (TPSA) is 74.7 Å². The minimum atomic E-state index is 0.332. The molecule has 2 aromatic rings. The molecular formula is C10H7BrN4O. The van der Waals surface area contributed by atoms with Crippen molar-refractivity contribution in [2.45, 2.75) is 6.54 Å². The molecule has 2 aromatic heterocycles. The summed E-state index contributed by atoms with van der Waals surface area (Å²) in [5, 5.41) is 11.6. The zero-order chi connectivity index (χ0) is 11.4. The molecule has 1 N–H and O–H groups in total. The van der Waals surface area contributed by atoms with Gasteiger partial charge in [-0.3, -0.25) is 0 Å². The standard InChI is InChI=1S/C10H7BrN4O/c11-9-2-1-8(16-9)6-14-10-13-4-3-7(5-12)15-10/h1-4H,6H2,(H,13,14,15). The van der Waals surface area contributed by atoms with Crippen LogP contribution in [-0.2, 0) is 6.54 Å². The molecule has 6 heteroatoms. The summed E-state index contributed by atoms with van der Waals surface area (Å²) >= 11 is 3.21. The van der Waals surface area contributed by atoms with E-state index in [0.717, 1.165) is 5.76 Å². The lowest BCUT2D eigenvalue weighted by Gasteiger charge is -2.01. The van der Waals surface area contributed by atoms with E-state index in [1.807, 2.05) is 18.2 Å². The molecule has 0 aromatic carbocycles. The lowest BCUT2D eigenvalue weighted by atomic mass is 10.4. The van der Waals surface area contributed by atoms with Crippen LogP contribution in [0.5, 0.6) is 0 Å². The van der Waals surface area contributed by atoms with Crippen molar-refractivity contribution >= 4 is 21.9 Å². The molecule has 5 nitrogen and oxygen atoms in total. The molecule has 0 fully saturated rings. The highest BCUT2D eigenvalue weighted by Gasteiger charge is 2.01. The first-order valence-electron chi connectivity index (χ1n) is 4.49. The molecule has 0 saturated carbocycles. The summed E-state index contributed by atoms with van der Waals surface area (Å²) in [5.41, 5.74) is 0.332. The van der Waals surface area contributed by atoms with Crippen LogP contribution in [0.3, 0.4) is 0 Å². The summed E-state index contributed by atoms with van der Waals surface area (Å²) in [7, 11) is 0. The second-order valence-corrected chi connectivity index (χ2v) is 3.72. The number of aromatic nitrogens is 2. The number of halogens is 1. The highest BCUT2D eigenvalue weighted by molar-refractivity contribution is 9.10. The molecule has 0 atom stereocenters. The monoisotopic (exact) mass is 278 g/mol. The molecule has 0 amide bonds. The summed E-state index contributed by atoms with van der Waals surface area (Å²) in [4.78, 5) is 7.96. The van der Waals surface area contributed by atoms with Gasteiger partial charge in [-0.05, 0) is 34.1 Å². The molecule has 0 aliphatic heterocycles. The Hall–Kier alpha value is -1.87. The highest BCUT2D eigenvalue weighted by atomic mass is 79.9. The maximum atomic E-state index is 8.66. The summed E-state index contributed by atoms with van der Waals surface area (Å²) in [6.07, 6.45) is 1.53. The Morgan fingerprint density at radius 1 is 1.44 bits per heavy atom. The smallest absolute Gasteiger partial charge is 0.224 e. The molecule has 2 heterocycles. The Morgan fingerprint density at radius 2 is 2.31 bits per heavy atom. The second kappa shape index (κ2) is 4.77. The minimum Gasteiger partial charge on any atom is -0.452 e. The van der Waals surface area contributed by atoms with Crippen LogP contribution in [-0.4, -0.2) is 9.97 Å². The maximum Gasteiger partial charge on any atom is 0.224 e. The quantitative estimate of drug-likeness (QED) is 0.933. The van der Waals surface area contributed by atoms with Gasteiger partial charge >= 0.3 is 0 Å². The van der Waals surface area contributed by atoms with Crippen molar-refractivity contribution < 1.29 is 4.42 Å². The minimum absolute atomic E-state index is 0.332. The van der Waals surface area contributed by atoms with Gasteiger partial charge in [-0.15, -0.1) is 0 Å². The van der Waals surface area contributed by atoms with Crippen LogP contribution < -0.4 is 5.32 Å². The van der Waals surface area contributed by atoms with Crippen LogP contribution >= 0.6 is 15.9 Å². The van der Waals surface area contributed by atoms with Gasteiger partial charge < -0.3 is 9.73 Å². The van der Waals surface area contributed by atoms with Gasteiger partial charge in [0.15, 0.2) is 4.67 Å². The summed E-state index contributed by atoms with van der Waals surface area (Å²) < 4.78 is 5.97. The van der Waals surface area contributed by atoms with Gasteiger partial charge in [-0.25, -0.2) is 9.97 Å².